The molecule has 162 valence electrons. The molecule has 3 heterocycles. The van der Waals surface area contributed by atoms with Crippen molar-refractivity contribution in [1.29, 1.82) is 0 Å². The molecule has 5 rings (SSSR count). The number of fused-ring (bicyclic) bond motifs is 1. The van der Waals surface area contributed by atoms with E-state index < -0.39 is 0 Å². The first-order valence-corrected chi connectivity index (χ1v) is 10.2. The topological polar surface area (TPSA) is 88.3 Å². The third kappa shape index (κ3) is 3.30. The summed E-state index contributed by atoms with van der Waals surface area (Å²) in [6.07, 6.45) is 6.20. The van der Waals surface area contributed by atoms with Crippen LogP contribution in [-0.2, 0) is 13.5 Å². The lowest BCUT2D eigenvalue weighted by Gasteiger charge is -2.13. The Labute approximate surface area is 184 Å². The van der Waals surface area contributed by atoms with Gasteiger partial charge in [0, 0.05) is 36.2 Å². The molecule has 8 nitrogen and oxygen atoms in total. The molecule has 0 aliphatic heterocycles. The third-order valence-corrected chi connectivity index (χ3v) is 5.41. The Balaban J connectivity index is 1.61. The SMILES string of the molecule is CCc1nnc(-c2c(OC)cc(-c3coc4cc(-c5cnn(C)c5)ccc34)cc2OC)o1. The summed E-state index contributed by atoms with van der Waals surface area (Å²) in [5.41, 5.74) is 5.31. The minimum atomic E-state index is 0.361. The fourth-order valence-electron chi connectivity index (χ4n) is 3.78. The highest BCUT2D eigenvalue weighted by Gasteiger charge is 2.22. The molecule has 0 aliphatic rings. The number of aromatic nitrogens is 4. The minimum Gasteiger partial charge on any atom is -0.496 e. The van der Waals surface area contributed by atoms with Gasteiger partial charge in [-0.05, 0) is 35.4 Å². The highest BCUT2D eigenvalue weighted by molar-refractivity contribution is 5.97. The summed E-state index contributed by atoms with van der Waals surface area (Å²) in [5.74, 6) is 2.07. The van der Waals surface area contributed by atoms with Gasteiger partial charge in [-0.15, -0.1) is 10.2 Å². The van der Waals surface area contributed by atoms with Crippen LogP contribution in [-0.4, -0.2) is 34.2 Å². The first-order chi connectivity index (χ1) is 15.6. The number of aryl methyl sites for hydroxylation is 2. The van der Waals surface area contributed by atoms with Crippen molar-refractivity contribution in [1.82, 2.24) is 20.0 Å². The Morgan fingerprint density at radius 2 is 1.75 bits per heavy atom. The molecular formula is C24H22N4O4. The van der Waals surface area contributed by atoms with Gasteiger partial charge in [-0.1, -0.05) is 13.0 Å². The summed E-state index contributed by atoms with van der Waals surface area (Å²) in [6, 6.07) is 9.98. The third-order valence-electron chi connectivity index (χ3n) is 5.41. The van der Waals surface area contributed by atoms with Crippen LogP contribution in [0.4, 0.5) is 0 Å². The molecule has 32 heavy (non-hydrogen) atoms. The van der Waals surface area contributed by atoms with Crippen LogP contribution in [0.15, 0.2) is 57.8 Å². The Morgan fingerprint density at radius 3 is 2.38 bits per heavy atom. The number of rotatable bonds is 6. The predicted octanol–water partition coefficient (Wildman–Crippen LogP) is 5.13. The van der Waals surface area contributed by atoms with Gasteiger partial charge < -0.3 is 18.3 Å². The molecule has 2 aromatic carbocycles. The maximum absolute atomic E-state index is 5.90. The molecule has 0 unspecified atom stereocenters. The van der Waals surface area contributed by atoms with Gasteiger partial charge in [0.25, 0.3) is 5.89 Å². The van der Waals surface area contributed by atoms with Crippen LogP contribution in [0.3, 0.4) is 0 Å². The van der Waals surface area contributed by atoms with Crippen molar-refractivity contribution in [3.8, 4) is 45.2 Å². The van der Waals surface area contributed by atoms with Gasteiger partial charge in [-0.2, -0.15) is 5.10 Å². The second-order valence-electron chi connectivity index (χ2n) is 7.37. The van der Waals surface area contributed by atoms with E-state index in [-0.39, 0.29) is 0 Å². The number of hydrogen-bond donors (Lipinski definition) is 0. The smallest absolute Gasteiger partial charge is 0.255 e. The molecule has 3 aromatic heterocycles. The average Bonchev–Trinajstić information content (AvgIpc) is 3.56. The zero-order chi connectivity index (χ0) is 22.2. The molecule has 0 aliphatic carbocycles. The summed E-state index contributed by atoms with van der Waals surface area (Å²) in [6.45, 7) is 1.96. The normalized spacial score (nSPS) is 11.2. The van der Waals surface area contributed by atoms with Crippen LogP contribution >= 0.6 is 0 Å². The van der Waals surface area contributed by atoms with Crippen LogP contribution < -0.4 is 9.47 Å². The second-order valence-corrected chi connectivity index (χ2v) is 7.37. The average molecular weight is 430 g/mol. The Morgan fingerprint density at radius 1 is 0.969 bits per heavy atom. The largest absolute Gasteiger partial charge is 0.496 e. The maximum Gasteiger partial charge on any atom is 0.255 e. The first kappa shape index (κ1) is 19.9. The quantitative estimate of drug-likeness (QED) is 0.369. The van der Waals surface area contributed by atoms with Crippen molar-refractivity contribution in [2.75, 3.05) is 14.2 Å². The zero-order valence-corrected chi connectivity index (χ0v) is 18.2. The monoisotopic (exact) mass is 430 g/mol. The predicted molar refractivity (Wildman–Crippen MR) is 120 cm³/mol. The number of furan rings is 1. The van der Waals surface area contributed by atoms with Crippen molar-refractivity contribution in [2.45, 2.75) is 13.3 Å². The molecule has 0 atom stereocenters. The van der Waals surface area contributed by atoms with Gasteiger partial charge in [-0.25, -0.2) is 0 Å². The van der Waals surface area contributed by atoms with Crippen LogP contribution in [0.1, 0.15) is 12.8 Å². The van der Waals surface area contributed by atoms with Gasteiger partial charge in [0.15, 0.2) is 0 Å². The molecule has 0 saturated carbocycles. The van der Waals surface area contributed by atoms with Crippen LogP contribution in [0, 0.1) is 0 Å². The van der Waals surface area contributed by atoms with Gasteiger partial charge in [0.05, 0.1) is 26.7 Å². The lowest BCUT2D eigenvalue weighted by atomic mass is 10.00. The Hall–Kier alpha value is -4.07. The summed E-state index contributed by atoms with van der Waals surface area (Å²) in [4.78, 5) is 0. The van der Waals surface area contributed by atoms with Crippen LogP contribution in [0.25, 0.3) is 44.7 Å². The van der Waals surface area contributed by atoms with Crippen LogP contribution in [0.5, 0.6) is 11.5 Å². The van der Waals surface area contributed by atoms with Gasteiger partial charge in [-0.3, -0.25) is 4.68 Å². The number of hydrogen-bond acceptors (Lipinski definition) is 7. The lowest BCUT2D eigenvalue weighted by Crippen LogP contribution is -1.95. The van der Waals surface area contributed by atoms with Crippen molar-refractivity contribution in [2.24, 2.45) is 7.05 Å². The van der Waals surface area contributed by atoms with Gasteiger partial charge >= 0.3 is 0 Å². The Kier molecular flexibility index (Phi) is 4.89. The summed E-state index contributed by atoms with van der Waals surface area (Å²) >= 11 is 0. The van der Waals surface area contributed by atoms with E-state index in [1.165, 1.54) is 0 Å². The molecule has 0 spiro atoms. The van der Waals surface area contributed by atoms with E-state index >= 15 is 0 Å². The van der Waals surface area contributed by atoms with E-state index in [9.17, 15) is 0 Å². The Bertz CT molecular complexity index is 1390. The zero-order valence-electron chi connectivity index (χ0n) is 18.2. The summed E-state index contributed by atoms with van der Waals surface area (Å²) in [5, 5.41) is 13.4. The number of ether oxygens (including phenoxy) is 2. The molecule has 0 bridgehead atoms. The minimum absolute atomic E-state index is 0.361. The highest BCUT2D eigenvalue weighted by Crippen LogP contribution is 2.43. The van der Waals surface area contributed by atoms with Crippen molar-refractivity contribution in [3.05, 3.63) is 54.9 Å². The standard InChI is InChI=1S/C24H22N4O4/c1-5-22-26-27-24(32-22)23-20(29-3)9-15(10-21(23)30-4)18-13-31-19-8-14(6-7-17(18)19)16-11-25-28(2)12-16/h6-13H,5H2,1-4H3. The number of benzene rings is 2. The van der Waals surface area contributed by atoms with Crippen molar-refractivity contribution in [3.63, 3.8) is 0 Å². The van der Waals surface area contributed by atoms with E-state index in [0.29, 0.717) is 35.3 Å². The second kappa shape index (κ2) is 7.88. The number of methoxy groups -OCH3 is 2. The maximum atomic E-state index is 5.90. The molecule has 0 radical (unpaired) electrons. The molecule has 0 fully saturated rings. The molecule has 5 aromatic rings. The van der Waals surface area contributed by atoms with Crippen molar-refractivity contribution >= 4 is 11.0 Å². The molecule has 0 N–H and O–H groups in total. The van der Waals surface area contributed by atoms with Crippen molar-refractivity contribution < 1.29 is 18.3 Å². The fraction of sp³-hybridized carbons (Fsp3) is 0.208. The summed E-state index contributed by atoms with van der Waals surface area (Å²) < 4.78 is 24.8. The highest BCUT2D eigenvalue weighted by atomic mass is 16.5. The molecular weight excluding hydrogens is 408 g/mol. The molecule has 0 saturated heterocycles. The fourth-order valence-corrected chi connectivity index (χ4v) is 3.78. The van der Waals surface area contributed by atoms with E-state index in [4.69, 9.17) is 18.3 Å². The summed E-state index contributed by atoms with van der Waals surface area (Å²) in [7, 11) is 5.11. The number of nitrogens with zero attached hydrogens (tertiary/aromatic N) is 4. The van der Waals surface area contributed by atoms with E-state index in [1.807, 2.05) is 44.6 Å². The van der Waals surface area contributed by atoms with Gasteiger partial charge in [0.1, 0.15) is 22.6 Å². The van der Waals surface area contributed by atoms with E-state index in [2.05, 4.69) is 27.4 Å². The lowest BCUT2D eigenvalue weighted by molar-refractivity contribution is 0.393. The molecule has 8 heteroatoms. The van der Waals surface area contributed by atoms with Crippen LogP contribution in [0.2, 0.25) is 0 Å². The van der Waals surface area contributed by atoms with E-state index in [1.54, 1.807) is 25.2 Å². The molecule has 0 amide bonds. The van der Waals surface area contributed by atoms with E-state index in [0.717, 1.165) is 33.2 Å². The van der Waals surface area contributed by atoms with Gasteiger partial charge in [0.2, 0.25) is 5.89 Å². The first-order valence-electron chi connectivity index (χ1n) is 10.2.